The van der Waals surface area contributed by atoms with E-state index in [0.29, 0.717) is 13.0 Å². The fraction of sp³-hybridized carbons (Fsp3) is 0.600. The summed E-state index contributed by atoms with van der Waals surface area (Å²) in [7, 11) is 0. The molecule has 6 heteroatoms. The summed E-state index contributed by atoms with van der Waals surface area (Å²) in [5, 5.41) is 0. The number of unbranched alkanes of at least 4 members (excludes halogenated alkanes) is 1. The molecule has 0 saturated heterocycles. The molecule has 0 bridgehead atoms. The zero-order chi connectivity index (χ0) is 15.7. The molecule has 0 radical (unpaired) electrons. The van der Waals surface area contributed by atoms with Gasteiger partial charge >= 0.3 is 6.18 Å². The Bertz CT molecular complexity index is 393. The van der Waals surface area contributed by atoms with E-state index in [9.17, 15) is 13.2 Å². The number of alkyl halides is 3. The van der Waals surface area contributed by atoms with Crippen molar-refractivity contribution in [3.8, 4) is 5.75 Å². The third kappa shape index (κ3) is 7.34. The molecular formula is C15H23F3N2O. The first-order chi connectivity index (χ1) is 9.96. The van der Waals surface area contributed by atoms with Gasteiger partial charge in [-0.2, -0.15) is 13.2 Å². The minimum absolute atomic E-state index is 0.0487. The van der Waals surface area contributed by atoms with Gasteiger partial charge < -0.3 is 4.74 Å². The van der Waals surface area contributed by atoms with Crippen molar-refractivity contribution in [2.24, 2.45) is 5.84 Å². The molecule has 0 saturated carbocycles. The highest BCUT2D eigenvalue weighted by Crippen LogP contribution is 2.26. The van der Waals surface area contributed by atoms with Gasteiger partial charge in [-0.1, -0.05) is 25.5 Å². The molecule has 0 amide bonds. The number of halogens is 3. The number of benzene rings is 1. The van der Waals surface area contributed by atoms with Gasteiger partial charge in [-0.25, -0.2) is 0 Å². The summed E-state index contributed by atoms with van der Waals surface area (Å²) in [6.07, 6.45) is -2.46. The Morgan fingerprint density at radius 3 is 2.38 bits per heavy atom. The van der Waals surface area contributed by atoms with Gasteiger partial charge in [0.15, 0.2) is 0 Å². The van der Waals surface area contributed by atoms with E-state index in [2.05, 4.69) is 12.3 Å². The van der Waals surface area contributed by atoms with Gasteiger partial charge in [0.1, 0.15) is 5.75 Å². The minimum Gasteiger partial charge on any atom is -0.494 e. The van der Waals surface area contributed by atoms with Crippen LogP contribution in [0.4, 0.5) is 13.2 Å². The van der Waals surface area contributed by atoms with E-state index in [-0.39, 0.29) is 12.5 Å². The zero-order valence-electron chi connectivity index (χ0n) is 12.2. The summed E-state index contributed by atoms with van der Waals surface area (Å²) in [6, 6.07) is 7.02. The minimum atomic E-state index is -4.11. The van der Waals surface area contributed by atoms with Crippen LogP contribution < -0.4 is 16.0 Å². The standard InChI is InChI=1S/C15H23F3N2O/c1-2-3-11-21-13-8-6-12(7-9-13)14(20-19)5-4-10-15(16,17)18/h6-9,14,20H,2-5,10-11,19H2,1H3. The molecule has 0 fully saturated rings. The Kier molecular flexibility index (Phi) is 7.53. The Morgan fingerprint density at radius 1 is 1.19 bits per heavy atom. The van der Waals surface area contributed by atoms with Crippen LogP contribution >= 0.6 is 0 Å². The van der Waals surface area contributed by atoms with Crippen molar-refractivity contribution < 1.29 is 17.9 Å². The largest absolute Gasteiger partial charge is 0.494 e. The Morgan fingerprint density at radius 2 is 1.86 bits per heavy atom. The van der Waals surface area contributed by atoms with Crippen LogP contribution in [0.2, 0.25) is 0 Å². The van der Waals surface area contributed by atoms with Crippen LogP contribution in [0.15, 0.2) is 24.3 Å². The maximum Gasteiger partial charge on any atom is 0.389 e. The molecule has 21 heavy (non-hydrogen) atoms. The van der Waals surface area contributed by atoms with Crippen LogP contribution in [0.3, 0.4) is 0 Å². The number of ether oxygens (including phenoxy) is 1. The predicted molar refractivity (Wildman–Crippen MR) is 76.8 cm³/mol. The highest BCUT2D eigenvalue weighted by molar-refractivity contribution is 5.29. The van der Waals surface area contributed by atoms with Crippen LogP contribution in [0, 0.1) is 0 Å². The number of nitrogens with two attached hydrogens (primary N) is 1. The second kappa shape index (κ2) is 8.89. The lowest BCUT2D eigenvalue weighted by Crippen LogP contribution is -2.28. The van der Waals surface area contributed by atoms with Crippen molar-refractivity contribution in [1.82, 2.24) is 5.43 Å². The van der Waals surface area contributed by atoms with Gasteiger partial charge in [-0.05, 0) is 37.0 Å². The van der Waals surface area contributed by atoms with Crippen molar-refractivity contribution in [2.75, 3.05) is 6.61 Å². The molecule has 120 valence electrons. The molecule has 3 N–H and O–H groups in total. The van der Waals surface area contributed by atoms with Crippen molar-refractivity contribution in [1.29, 1.82) is 0 Å². The maximum absolute atomic E-state index is 12.1. The summed E-state index contributed by atoms with van der Waals surface area (Å²) in [5.41, 5.74) is 3.43. The summed E-state index contributed by atoms with van der Waals surface area (Å²) >= 11 is 0. The van der Waals surface area contributed by atoms with Crippen LogP contribution in [0.1, 0.15) is 50.6 Å². The molecule has 0 aliphatic carbocycles. The van der Waals surface area contributed by atoms with E-state index in [4.69, 9.17) is 10.6 Å². The van der Waals surface area contributed by atoms with Gasteiger partial charge in [0.25, 0.3) is 0 Å². The summed E-state index contributed by atoms with van der Waals surface area (Å²) in [4.78, 5) is 0. The average Bonchev–Trinajstić information content (AvgIpc) is 2.44. The van der Waals surface area contributed by atoms with Gasteiger partial charge in [0.2, 0.25) is 0 Å². The van der Waals surface area contributed by atoms with Gasteiger partial charge in [0.05, 0.1) is 6.61 Å². The number of hydrogen-bond acceptors (Lipinski definition) is 3. The second-order valence-electron chi connectivity index (χ2n) is 5.00. The SMILES string of the molecule is CCCCOc1ccc(C(CCCC(F)(F)F)NN)cc1. The summed E-state index contributed by atoms with van der Waals surface area (Å²) in [6.45, 7) is 2.75. The third-order valence-corrected chi connectivity index (χ3v) is 3.20. The van der Waals surface area contributed by atoms with Crippen LogP contribution in [0.25, 0.3) is 0 Å². The van der Waals surface area contributed by atoms with Gasteiger partial charge in [-0.15, -0.1) is 0 Å². The second-order valence-corrected chi connectivity index (χ2v) is 5.00. The van der Waals surface area contributed by atoms with Crippen LogP contribution in [-0.2, 0) is 0 Å². The molecule has 1 unspecified atom stereocenters. The van der Waals surface area contributed by atoms with Gasteiger partial charge in [0, 0.05) is 12.5 Å². The number of rotatable bonds is 9. The molecule has 3 nitrogen and oxygen atoms in total. The molecule has 1 atom stereocenters. The van der Waals surface area contributed by atoms with Crippen molar-refractivity contribution >= 4 is 0 Å². The van der Waals surface area contributed by atoms with Crippen LogP contribution in [-0.4, -0.2) is 12.8 Å². The van der Waals surface area contributed by atoms with Crippen molar-refractivity contribution in [3.63, 3.8) is 0 Å². The lowest BCUT2D eigenvalue weighted by molar-refractivity contribution is -0.135. The Balaban J connectivity index is 2.49. The molecule has 0 spiro atoms. The molecule has 0 aromatic heterocycles. The average molecular weight is 304 g/mol. The van der Waals surface area contributed by atoms with Crippen LogP contribution in [0.5, 0.6) is 5.75 Å². The first-order valence-electron chi connectivity index (χ1n) is 7.22. The molecule has 1 rings (SSSR count). The van der Waals surface area contributed by atoms with E-state index < -0.39 is 12.6 Å². The molecule has 0 aliphatic heterocycles. The molecular weight excluding hydrogens is 281 g/mol. The quantitative estimate of drug-likeness (QED) is 0.410. The molecule has 0 aliphatic rings. The monoisotopic (exact) mass is 304 g/mol. The first-order valence-corrected chi connectivity index (χ1v) is 7.22. The maximum atomic E-state index is 12.1. The molecule has 1 aromatic rings. The van der Waals surface area contributed by atoms with E-state index in [0.717, 1.165) is 24.2 Å². The Hall–Kier alpha value is -1.27. The zero-order valence-corrected chi connectivity index (χ0v) is 12.2. The van der Waals surface area contributed by atoms with E-state index in [1.54, 1.807) is 0 Å². The van der Waals surface area contributed by atoms with Crippen molar-refractivity contribution in [2.45, 2.75) is 51.2 Å². The van der Waals surface area contributed by atoms with E-state index in [1.165, 1.54) is 0 Å². The summed E-state index contributed by atoms with van der Waals surface area (Å²) in [5.74, 6) is 6.19. The fourth-order valence-corrected chi connectivity index (χ4v) is 1.98. The number of hydrazine groups is 1. The smallest absolute Gasteiger partial charge is 0.389 e. The van der Waals surface area contributed by atoms with Gasteiger partial charge in [-0.3, -0.25) is 11.3 Å². The fourth-order valence-electron chi connectivity index (χ4n) is 1.98. The van der Waals surface area contributed by atoms with E-state index >= 15 is 0 Å². The normalized spacial score (nSPS) is 13.2. The predicted octanol–water partition coefficient (Wildman–Crippen LogP) is 4.10. The number of nitrogens with one attached hydrogen (secondary N) is 1. The van der Waals surface area contributed by atoms with E-state index in [1.807, 2.05) is 24.3 Å². The number of hydrogen-bond donors (Lipinski definition) is 2. The molecule has 1 aromatic carbocycles. The lowest BCUT2D eigenvalue weighted by Gasteiger charge is -2.17. The highest BCUT2D eigenvalue weighted by Gasteiger charge is 2.26. The third-order valence-electron chi connectivity index (χ3n) is 3.20. The molecule has 0 heterocycles. The Labute approximate surface area is 123 Å². The topological polar surface area (TPSA) is 47.3 Å². The summed E-state index contributed by atoms with van der Waals surface area (Å²) < 4.78 is 42.0. The lowest BCUT2D eigenvalue weighted by atomic mass is 10.0. The highest BCUT2D eigenvalue weighted by atomic mass is 19.4. The van der Waals surface area contributed by atoms with Crippen molar-refractivity contribution in [3.05, 3.63) is 29.8 Å². The first kappa shape index (κ1) is 17.8.